The number of hydrogen-bond acceptors (Lipinski definition) is 5. The van der Waals surface area contributed by atoms with Gasteiger partial charge in [-0.15, -0.1) is 0 Å². The smallest absolute Gasteiger partial charge is 0.311 e. The Bertz CT molecular complexity index is 527. The fraction of sp³-hybridized carbons (Fsp3) is 0.111. The SMILES string of the molecule is COc1cc2ncncc2cc1[N+](=O)[O-]. The molecule has 0 spiro atoms. The molecule has 0 aliphatic heterocycles. The van der Waals surface area contributed by atoms with E-state index < -0.39 is 4.92 Å². The maximum Gasteiger partial charge on any atom is 0.311 e. The molecule has 0 N–H and O–H groups in total. The molecule has 2 aromatic rings. The molecule has 1 heterocycles. The lowest BCUT2D eigenvalue weighted by molar-refractivity contribution is -0.385. The largest absolute Gasteiger partial charge is 0.490 e. The minimum atomic E-state index is -0.495. The number of hydrogen-bond donors (Lipinski definition) is 0. The molecule has 0 saturated heterocycles. The van der Waals surface area contributed by atoms with E-state index in [0.29, 0.717) is 10.9 Å². The van der Waals surface area contributed by atoms with Crippen LogP contribution >= 0.6 is 0 Å². The van der Waals surface area contributed by atoms with E-state index in [9.17, 15) is 10.1 Å². The van der Waals surface area contributed by atoms with Gasteiger partial charge >= 0.3 is 5.69 Å². The Morgan fingerprint density at radius 2 is 2.27 bits per heavy atom. The number of ether oxygens (including phenoxy) is 1. The lowest BCUT2D eigenvalue weighted by atomic mass is 10.2. The average molecular weight is 205 g/mol. The van der Waals surface area contributed by atoms with Gasteiger partial charge in [0.2, 0.25) is 0 Å². The van der Waals surface area contributed by atoms with Crippen LogP contribution in [-0.2, 0) is 0 Å². The van der Waals surface area contributed by atoms with Crippen LogP contribution in [0.2, 0.25) is 0 Å². The van der Waals surface area contributed by atoms with Crippen molar-refractivity contribution in [3.8, 4) is 5.75 Å². The molecule has 1 aromatic heterocycles. The first-order valence-corrected chi connectivity index (χ1v) is 4.14. The number of methoxy groups -OCH3 is 1. The summed E-state index contributed by atoms with van der Waals surface area (Å²) in [4.78, 5) is 18.0. The molecule has 0 atom stereocenters. The van der Waals surface area contributed by atoms with Gasteiger partial charge in [0.05, 0.1) is 17.5 Å². The van der Waals surface area contributed by atoms with E-state index in [1.165, 1.54) is 31.8 Å². The van der Waals surface area contributed by atoms with Crippen molar-refractivity contribution in [1.82, 2.24) is 9.97 Å². The standard InChI is InChI=1S/C9H7N3O3/c1-15-9-3-7-6(4-10-5-11-7)2-8(9)12(13)14/h2-5H,1H3. The number of benzene rings is 1. The van der Waals surface area contributed by atoms with Gasteiger partial charge < -0.3 is 4.74 Å². The van der Waals surface area contributed by atoms with Crippen LogP contribution in [0.4, 0.5) is 5.69 Å². The summed E-state index contributed by atoms with van der Waals surface area (Å²) < 4.78 is 4.91. The summed E-state index contributed by atoms with van der Waals surface area (Å²) in [7, 11) is 1.38. The Hall–Kier alpha value is -2.24. The number of rotatable bonds is 2. The maximum absolute atomic E-state index is 10.7. The van der Waals surface area contributed by atoms with E-state index in [2.05, 4.69) is 9.97 Å². The van der Waals surface area contributed by atoms with Gasteiger partial charge in [-0.05, 0) is 0 Å². The summed E-state index contributed by atoms with van der Waals surface area (Å²) in [6.07, 6.45) is 2.91. The molecule has 2 rings (SSSR count). The van der Waals surface area contributed by atoms with Gasteiger partial charge in [-0.1, -0.05) is 0 Å². The molecule has 15 heavy (non-hydrogen) atoms. The molecule has 1 aromatic carbocycles. The lowest BCUT2D eigenvalue weighted by Crippen LogP contribution is -1.94. The average Bonchev–Trinajstić information content (AvgIpc) is 2.27. The van der Waals surface area contributed by atoms with Crippen LogP contribution in [0, 0.1) is 10.1 Å². The Morgan fingerprint density at radius 3 is 2.93 bits per heavy atom. The Labute approximate surface area is 84.7 Å². The highest BCUT2D eigenvalue weighted by Gasteiger charge is 2.15. The number of nitro groups is 1. The molecule has 6 heteroatoms. The molecular formula is C9H7N3O3. The first-order chi connectivity index (χ1) is 7.22. The highest BCUT2D eigenvalue weighted by Crippen LogP contribution is 2.30. The molecule has 0 amide bonds. The fourth-order valence-electron chi connectivity index (χ4n) is 1.30. The van der Waals surface area contributed by atoms with Gasteiger partial charge in [0.15, 0.2) is 5.75 Å². The third-order valence-electron chi connectivity index (χ3n) is 2.00. The fourth-order valence-corrected chi connectivity index (χ4v) is 1.30. The van der Waals surface area contributed by atoms with Crippen molar-refractivity contribution in [2.24, 2.45) is 0 Å². The zero-order valence-corrected chi connectivity index (χ0v) is 7.88. The molecule has 0 unspecified atom stereocenters. The molecule has 0 bridgehead atoms. The first kappa shape index (κ1) is 9.32. The van der Waals surface area contributed by atoms with Gasteiger partial charge in [0, 0.05) is 23.7 Å². The summed E-state index contributed by atoms with van der Waals surface area (Å²) >= 11 is 0. The molecule has 0 fully saturated rings. The van der Waals surface area contributed by atoms with Crippen molar-refractivity contribution in [2.75, 3.05) is 7.11 Å². The van der Waals surface area contributed by atoms with E-state index in [1.807, 2.05) is 0 Å². The third-order valence-corrected chi connectivity index (χ3v) is 2.00. The molecule has 0 aliphatic carbocycles. The van der Waals surface area contributed by atoms with Crippen LogP contribution in [0.5, 0.6) is 5.75 Å². The summed E-state index contributed by atoms with van der Waals surface area (Å²) in [5, 5.41) is 11.3. The number of aromatic nitrogens is 2. The maximum atomic E-state index is 10.7. The summed E-state index contributed by atoms with van der Waals surface area (Å²) in [5.41, 5.74) is 0.534. The highest BCUT2D eigenvalue weighted by atomic mass is 16.6. The van der Waals surface area contributed by atoms with E-state index in [1.54, 1.807) is 0 Å². The Morgan fingerprint density at radius 1 is 1.47 bits per heavy atom. The molecule has 0 aliphatic rings. The summed E-state index contributed by atoms with van der Waals surface area (Å²) in [6, 6.07) is 2.92. The summed E-state index contributed by atoms with van der Waals surface area (Å²) in [5.74, 6) is 0.200. The predicted molar refractivity (Wildman–Crippen MR) is 52.7 cm³/mol. The molecule has 0 saturated carbocycles. The zero-order valence-electron chi connectivity index (χ0n) is 7.88. The second-order valence-electron chi connectivity index (χ2n) is 2.86. The van der Waals surface area contributed by atoms with Crippen molar-refractivity contribution >= 4 is 16.6 Å². The van der Waals surface area contributed by atoms with Gasteiger partial charge in [-0.2, -0.15) is 0 Å². The van der Waals surface area contributed by atoms with Crippen LogP contribution < -0.4 is 4.74 Å². The summed E-state index contributed by atoms with van der Waals surface area (Å²) in [6.45, 7) is 0. The van der Waals surface area contributed by atoms with Gasteiger partial charge in [0.25, 0.3) is 0 Å². The predicted octanol–water partition coefficient (Wildman–Crippen LogP) is 1.55. The van der Waals surface area contributed by atoms with Crippen molar-refractivity contribution in [3.05, 3.63) is 34.8 Å². The molecular weight excluding hydrogens is 198 g/mol. The van der Waals surface area contributed by atoms with E-state index in [4.69, 9.17) is 4.74 Å². The monoisotopic (exact) mass is 205 g/mol. The minimum absolute atomic E-state index is 0.0835. The second-order valence-corrected chi connectivity index (χ2v) is 2.86. The second kappa shape index (κ2) is 3.49. The van der Waals surface area contributed by atoms with E-state index in [0.717, 1.165) is 0 Å². The van der Waals surface area contributed by atoms with Gasteiger partial charge in [0.1, 0.15) is 6.33 Å². The molecule has 0 radical (unpaired) electrons. The van der Waals surface area contributed by atoms with Crippen LogP contribution in [0.15, 0.2) is 24.7 Å². The highest BCUT2D eigenvalue weighted by molar-refractivity contribution is 5.82. The number of nitrogens with zero attached hydrogens (tertiary/aromatic N) is 3. The van der Waals surface area contributed by atoms with Crippen molar-refractivity contribution < 1.29 is 9.66 Å². The van der Waals surface area contributed by atoms with Crippen LogP contribution in [0.25, 0.3) is 10.9 Å². The van der Waals surface area contributed by atoms with E-state index in [-0.39, 0.29) is 11.4 Å². The van der Waals surface area contributed by atoms with Crippen LogP contribution in [-0.4, -0.2) is 22.0 Å². The third kappa shape index (κ3) is 1.56. The van der Waals surface area contributed by atoms with Crippen molar-refractivity contribution in [3.63, 3.8) is 0 Å². The van der Waals surface area contributed by atoms with Gasteiger partial charge in [-0.25, -0.2) is 9.97 Å². The number of nitro benzene ring substituents is 1. The first-order valence-electron chi connectivity index (χ1n) is 4.14. The van der Waals surface area contributed by atoms with Gasteiger partial charge in [-0.3, -0.25) is 10.1 Å². The normalized spacial score (nSPS) is 10.2. The number of fused-ring (bicyclic) bond motifs is 1. The lowest BCUT2D eigenvalue weighted by Gasteiger charge is -2.02. The minimum Gasteiger partial charge on any atom is -0.490 e. The van der Waals surface area contributed by atoms with Crippen molar-refractivity contribution in [1.29, 1.82) is 0 Å². The van der Waals surface area contributed by atoms with Crippen molar-refractivity contribution in [2.45, 2.75) is 0 Å². The Balaban J connectivity index is 2.74. The molecule has 6 nitrogen and oxygen atoms in total. The topological polar surface area (TPSA) is 78.2 Å². The molecule has 76 valence electrons. The quantitative estimate of drug-likeness (QED) is 0.549. The van der Waals surface area contributed by atoms with Crippen LogP contribution in [0.3, 0.4) is 0 Å². The Kier molecular flexibility index (Phi) is 2.17. The van der Waals surface area contributed by atoms with E-state index >= 15 is 0 Å². The van der Waals surface area contributed by atoms with Crippen LogP contribution in [0.1, 0.15) is 0 Å². The zero-order chi connectivity index (χ0) is 10.8.